The van der Waals surface area contributed by atoms with Crippen molar-refractivity contribution >= 4 is 22.0 Å². The Morgan fingerprint density at radius 1 is 1.21 bits per heavy atom. The van der Waals surface area contributed by atoms with Crippen LogP contribution >= 0.6 is 15.9 Å². The Kier molecular flexibility index (Phi) is 3.95. The van der Waals surface area contributed by atoms with Gasteiger partial charge >= 0.3 is 0 Å². The summed E-state index contributed by atoms with van der Waals surface area (Å²) in [5, 5.41) is 0. The lowest BCUT2D eigenvalue weighted by atomic mass is 10.2. The molecule has 2 nitrogen and oxygen atoms in total. The zero-order valence-corrected chi connectivity index (χ0v) is 9.47. The number of rotatable bonds is 3. The summed E-state index contributed by atoms with van der Waals surface area (Å²) in [6.07, 6.45) is 1.34. The summed E-state index contributed by atoms with van der Waals surface area (Å²) in [7, 11) is 3.10. The molecular formula is C10H10BrFO2. The van der Waals surface area contributed by atoms with Crippen molar-refractivity contribution < 1.29 is 13.9 Å². The summed E-state index contributed by atoms with van der Waals surface area (Å²) in [6.45, 7) is 0. The van der Waals surface area contributed by atoms with Gasteiger partial charge in [0.05, 0.1) is 14.2 Å². The van der Waals surface area contributed by atoms with Gasteiger partial charge in [-0.25, -0.2) is 0 Å². The Bertz CT molecular complexity index is 324. The van der Waals surface area contributed by atoms with Gasteiger partial charge in [0.1, 0.15) is 11.5 Å². The first-order chi connectivity index (χ1) is 6.65. The van der Waals surface area contributed by atoms with E-state index in [0.29, 0.717) is 17.1 Å². The van der Waals surface area contributed by atoms with Crippen LogP contribution in [0.3, 0.4) is 0 Å². The van der Waals surface area contributed by atoms with Crippen molar-refractivity contribution in [3.05, 3.63) is 28.5 Å². The second-order valence-corrected chi connectivity index (χ2v) is 3.34. The van der Waals surface area contributed by atoms with Crippen molar-refractivity contribution in [3.63, 3.8) is 0 Å². The minimum atomic E-state index is -0.437. The van der Waals surface area contributed by atoms with Crippen molar-refractivity contribution in [2.75, 3.05) is 14.2 Å². The zero-order valence-electron chi connectivity index (χ0n) is 7.88. The van der Waals surface area contributed by atoms with Crippen LogP contribution in [0.5, 0.6) is 11.5 Å². The van der Waals surface area contributed by atoms with Gasteiger partial charge in [0.25, 0.3) is 0 Å². The highest BCUT2D eigenvalue weighted by Gasteiger charge is 2.00. The van der Waals surface area contributed by atoms with Crippen LogP contribution in [-0.2, 0) is 0 Å². The molecule has 1 rings (SSSR count). The topological polar surface area (TPSA) is 18.5 Å². The molecule has 0 radical (unpaired) electrons. The molecule has 0 unspecified atom stereocenters. The number of hydrogen-bond donors (Lipinski definition) is 0. The quantitative estimate of drug-likeness (QED) is 0.830. The predicted octanol–water partition coefficient (Wildman–Crippen LogP) is 3.37. The first-order valence-corrected chi connectivity index (χ1v) is 4.71. The average Bonchev–Trinajstić information content (AvgIpc) is 2.16. The first kappa shape index (κ1) is 11.0. The molecule has 0 atom stereocenters. The van der Waals surface area contributed by atoms with Crippen molar-refractivity contribution in [2.24, 2.45) is 0 Å². The summed E-state index contributed by atoms with van der Waals surface area (Å²) < 4.78 is 22.2. The van der Waals surface area contributed by atoms with Crippen molar-refractivity contribution in [2.45, 2.75) is 0 Å². The Balaban J connectivity index is 3.10. The van der Waals surface area contributed by atoms with Crippen LogP contribution in [0.25, 0.3) is 6.08 Å². The molecule has 0 aliphatic rings. The van der Waals surface area contributed by atoms with Gasteiger partial charge in [0.15, 0.2) is 4.74 Å². The van der Waals surface area contributed by atoms with Crippen molar-refractivity contribution in [3.8, 4) is 11.5 Å². The van der Waals surface area contributed by atoms with Crippen LogP contribution in [0.1, 0.15) is 5.56 Å². The van der Waals surface area contributed by atoms with Gasteiger partial charge in [-0.1, -0.05) is 0 Å². The molecule has 0 saturated carbocycles. The van der Waals surface area contributed by atoms with Crippen LogP contribution in [0, 0.1) is 0 Å². The van der Waals surface area contributed by atoms with Gasteiger partial charge in [0.2, 0.25) is 0 Å². The van der Waals surface area contributed by atoms with Crippen LogP contribution in [-0.4, -0.2) is 14.2 Å². The molecule has 0 N–H and O–H groups in total. The van der Waals surface area contributed by atoms with E-state index >= 15 is 0 Å². The van der Waals surface area contributed by atoms with Crippen molar-refractivity contribution in [1.82, 2.24) is 0 Å². The van der Waals surface area contributed by atoms with E-state index in [9.17, 15) is 4.39 Å². The first-order valence-electron chi connectivity index (χ1n) is 3.91. The molecule has 76 valence electrons. The molecular weight excluding hydrogens is 251 g/mol. The molecule has 0 amide bonds. The Morgan fingerprint density at radius 2 is 1.71 bits per heavy atom. The fourth-order valence-electron chi connectivity index (χ4n) is 1.04. The Morgan fingerprint density at radius 3 is 2.07 bits per heavy atom. The standard InChI is InChI=1S/C10H10BrFO2/c1-13-8-3-7(5-10(11)12)4-9(6-8)14-2/h3-6H,1-2H3/b10-5-. The number of methoxy groups -OCH3 is 2. The highest BCUT2D eigenvalue weighted by Crippen LogP contribution is 2.24. The lowest BCUT2D eigenvalue weighted by molar-refractivity contribution is 0.394. The van der Waals surface area contributed by atoms with Gasteiger partial charge in [-0.05, 0) is 39.7 Å². The van der Waals surface area contributed by atoms with E-state index < -0.39 is 4.74 Å². The number of halogens is 2. The number of benzene rings is 1. The summed E-state index contributed by atoms with van der Waals surface area (Å²) in [5.74, 6) is 1.26. The maximum Gasteiger partial charge on any atom is 0.166 e. The maximum absolute atomic E-state index is 12.6. The molecule has 0 aliphatic heterocycles. The molecule has 4 heteroatoms. The van der Waals surface area contributed by atoms with Gasteiger partial charge in [-0.2, -0.15) is 4.39 Å². The fraction of sp³-hybridized carbons (Fsp3) is 0.200. The van der Waals surface area contributed by atoms with E-state index in [-0.39, 0.29) is 0 Å². The zero-order chi connectivity index (χ0) is 10.6. The third-order valence-corrected chi connectivity index (χ3v) is 1.88. The van der Waals surface area contributed by atoms with Crippen LogP contribution in [0.2, 0.25) is 0 Å². The largest absolute Gasteiger partial charge is 0.497 e. The minimum absolute atomic E-state index is 0.437. The van der Waals surface area contributed by atoms with Gasteiger partial charge in [0, 0.05) is 6.07 Å². The van der Waals surface area contributed by atoms with Crippen LogP contribution in [0.4, 0.5) is 4.39 Å². The summed E-state index contributed by atoms with van der Waals surface area (Å²) in [5.41, 5.74) is 0.676. The Labute approximate surface area is 90.5 Å². The highest BCUT2D eigenvalue weighted by atomic mass is 79.9. The molecule has 1 aromatic rings. The van der Waals surface area contributed by atoms with Crippen LogP contribution in [0.15, 0.2) is 22.9 Å². The molecule has 0 saturated heterocycles. The SMILES string of the molecule is COc1cc(/C=C(\F)Br)cc(OC)c1. The third kappa shape index (κ3) is 3.03. The minimum Gasteiger partial charge on any atom is -0.497 e. The van der Waals surface area contributed by atoms with Gasteiger partial charge in [-0.3, -0.25) is 0 Å². The van der Waals surface area contributed by atoms with Crippen molar-refractivity contribution in [1.29, 1.82) is 0 Å². The third-order valence-electron chi connectivity index (χ3n) is 1.65. The summed E-state index contributed by atoms with van der Waals surface area (Å²) >= 11 is 2.72. The van der Waals surface area contributed by atoms with Gasteiger partial charge < -0.3 is 9.47 Å². The molecule has 0 bridgehead atoms. The monoisotopic (exact) mass is 260 g/mol. The fourth-order valence-corrected chi connectivity index (χ4v) is 1.30. The highest BCUT2D eigenvalue weighted by molar-refractivity contribution is 9.11. The number of hydrogen-bond acceptors (Lipinski definition) is 2. The van der Waals surface area contributed by atoms with E-state index in [4.69, 9.17) is 9.47 Å². The number of ether oxygens (including phenoxy) is 2. The average molecular weight is 261 g/mol. The normalized spacial score (nSPS) is 11.3. The molecule has 0 aliphatic carbocycles. The second-order valence-electron chi connectivity index (χ2n) is 2.58. The van der Waals surface area contributed by atoms with E-state index in [1.54, 1.807) is 32.4 Å². The summed E-state index contributed by atoms with van der Waals surface area (Å²) in [6, 6.07) is 5.15. The molecule has 0 fully saturated rings. The molecule has 1 aromatic carbocycles. The second kappa shape index (κ2) is 5.00. The lowest BCUT2D eigenvalue weighted by Crippen LogP contribution is -1.88. The van der Waals surface area contributed by atoms with Crippen LogP contribution < -0.4 is 9.47 Å². The lowest BCUT2D eigenvalue weighted by Gasteiger charge is -2.05. The van der Waals surface area contributed by atoms with Gasteiger partial charge in [-0.15, -0.1) is 0 Å². The molecule has 0 aromatic heterocycles. The predicted molar refractivity (Wildman–Crippen MR) is 57.6 cm³/mol. The molecule has 14 heavy (non-hydrogen) atoms. The molecule has 0 spiro atoms. The van der Waals surface area contributed by atoms with E-state index in [1.165, 1.54) is 6.08 Å². The Hall–Kier alpha value is -1.03. The smallest absolute Gasteiger partial charge is 0.166 e. The van der Waals surface area contributed by atoms with E-state index in [1.807, 2.05) is 0 Å². The molecule has 0 heterocycles. The summed E-state index contributed by atoms with van der Waals surface area (Å²) in [4.78, 5) is 0. The maximum atomic E-state index is 12.6. The van der Waals surface area contributed by atoms with E-state index in [2.05, 4.69) is 15.9 Å². The van der Waals surface area contributed by atoms with E-state index in [0.717, 1.165) is 0 Å².